The number of halogens is 2. The van der Waals surface area contributed by atoms with Gasteiger partial charge in [0, 0.05) is 63.1 Å². The van der Waals surface area contributed by atoms with E-state index in [0.29, 0.717) is 24.2 Å². The number of fused-ring (bicyclic) bond motifs is 8. The van der Waals surface area contributed by atoms with Crippen LogP contribution in [0.5, 0.6) is 0 Å². The van der Waals surface area contributed by atoms with Gasteiger partial charge in [-0.05, 0) is 98.2 Å². The Morgan fingerprint density at radius 3 is 1.44 bits per heavy atom. The first-order valence-electron chi connectivity index (χ1n) is 13.9. The smallest absolute Gasteiger partial charge is 0.303 e. The number of H-pyrrole nitrogens is 2. The van der Waals surface area contributed by atoms with Crippen LogP contribution in [0.25, 0.3) is 56.5 Å². The maximum atomic E-state index is 11.5. The van der Waals surface area contributed by atoms with Gasteiger partial charge in [-0.15, -0.1) is 24.8 Å². The first kappa shape index (κ1) is 37.3. The third kappa shape index (κ3) is 7.18. The van der Waals surface area contributed by atoms with Crippen molar-refractivity contribution in [3.05, 3.63) is 82.5 Å². The van der Waals surface area contributed by atoms with Gasteiger partial charge in [-0.3, -0.25) is 9.59 Å². The van der Waals surface area contributed by atoms with Gasteiger partial charge in [0.2, 0.25) is 0 Å². The molecule has 0 fully saturated rings. The van der Waals surface area contributed by atoms with Gasteiger partial charge in [-0.1, -0.05) is 25.3 Å². The summed E-state index contributed by atoms with van der Waals surface area (Å²) in [6.07, 6.45) is 4.20. The van der Waals surface area contributed by atoms with Crippen molar-refractivity contribution in [1.29, 1.82) is 0 Å². The Hall–Kier alpha value is -3.88. The minimum absolute atomic E-state index is 0. The number of hydrogen-bond donors (Lipinski definition) is 4. The molecule has 0 saturated heterocycles. The number of rotatable bonds is 8. The molecule has 237 valence electrons. The Kier molecular flexibility index (Phi) is 12.4. The van der Waals surface area contributed by atoms with E-state index in [9.17, 15) is 19.8 Å². The summed E-state index contributed by atoms with van der Waals surface area (Å²) in [5.41, 5.74) is 13.7. The Bertz CT molecular complexity index is 1940. The summed E-state index contributed by atoms with van der Waals surface area (Å²) in [6.45, 7) is 16.1. The summed E-state index contributed by atoms with van der Waals surface area (Å²) in [5, 5.41) is 18.9. The van der Waals surface area contributed by atoms with Crippen molar-refractivity contribution in [2.45, 2.75) is 53.4 Å². The number of hydrogen-bond acceptors (Lipinski definition) is 4. The van der Waals surface area contributed by atoms with Gasteiger partial charge in [-0.2, -0.15) is 0 Å². The van der Waals surface area contributed by atoms with Gasteiger partial charge in [0.15, 0.2) is 0 Å². The molecular weight excluding hydrogens is 654 g/mol. The van der Waals surface area contributed by atoms with Crippen molar-refractivity contribution in [2.75, 3.05) is 0 Å². The van der Waals surface area contributed by atoms with E-state index < -0.39 is 11.9 Å². The van der Waals surface area contributed by atoms with E-state index in [-0.39, 0.29) is 54.7 Å². The summed E-state index contributed by atoms with van der Waals surface area (Å²) in [4.78, 5) is 40.0. The van der Waals surface area contributed by atoms with E-state index in [1.54, 1.807) is 0 Å². The molecule has 2 aliphatic rings. The van der Waals surface area contributed by atoms with Gasteiger partial charge in [0.25, 0.3) is 0 Å². The van der Waals surface area contributed by atoms with Crippen molar-refractivity contribution >= 4 is 93.3 Å². The fraction of sp³-hybridized carbons (Fsp3) is 0.235. The van der Waals surface area contributed by atoms with Crippen LogP contribution in [0.3, 0.4) is 0 Å². The molecule has 0 aliphatic carbocycles. The van der Waals surface area contributed by atoms with Crippen LogP contribution in [0.4, 0.5) is 0 Å². The normalized spacial score (nSPS) is 12.2. The molecule has 8 bridgehead atoms. The second-order valence-electron chi connectivity index (χ2n) is 10.7. The quantitative estimate of drug-likeness (QED) is 0.175. The molecule has 1 radical (unpaired) electrons. The van der Waals surface area contributed by atoms with Gasteiger partial charge in [-0.25, -0.2) is 9.97 Å². The van der Waals surface area contributed by atoms with Gasteiger partial charge >= 0.3 is 11.9 Å². The number of aryl methyl sites for hydroxylation is 2. The third-order valence-corrected chi connectivity index (χ3v) is 8.22. The second-order valence-corrected chi connectivity index (χ2v) is 10.7. The molecule has 4 N–H and O–H groups in total. The number of nitrogens with zero attached hydrogens (tertiary/aromatic N) is 2. The van der Waals surface area contributed by atoms with E-state index in [1.165, 1.54) is 0 Å². The zero-order valence-corrected chi connectivity index (χ0v) is 28.3. The first-order chi connectivity index (χ1) is 20.0. The fourth-order valence-corrected chi connectivity index (χ4v) is 5.77. The SMILES string of the molecule is C=Cc1c(C)c2cc3[nH]c(cc4nc(cc5nc(cc1[nH]2)C(C)=C5CCC(=O)O)C(CCC(=O)O)=C4C)c(C)c3C=C.Cl.Cl.[Mn]. The maximum absolute atomic E-state index is 11.5. The number of carboxylic acids is 2. The molecule has 3 aromatic heterocycles. The molecule has 2 aliphatic heterocycles. The molecule has 8 nitrogen and oxygen atoms in total. The summed E-state index contributed by atoms with van der Waals surface area (Å²) in [6, 6.07) is 7.88. The molecule has 0 atom stereocenters. The molecule has 0 saturated carbocycles. The topological polar surface area (TPSA) is 132 Å². The summed E-state index contributed by atoms with van der Waals surface area (Å²) in [5.74, 6) is -1.78. The monoisotopic (exact) mass is 689 g/mol. The second kappa shape index (κ2) is 14.9. The minimum atomic E-state index is -0.889. The van der Waals surface area contributed by atoms with E-state index in [4.69, 9.17) is 9.97 Å². The molecule has 5 heterocycles. The van der Waals surface area contributed by atoms with Gasteiger partial charge in [0.1, 0.15) is 0 Å². The van der Waals surface area contributed by atoms with Crippen LogP contribution in [0.1, 0.15) is 84.6 Å². The Morgan fingerprint density at radius 2 is 1.04 bits per heavy atom. The number of aliphatic carboxylic acids is 2. The molecule has 5 rings (SSSR count). The molecular formula is C34H36Cl2MnN4O4. The predicted molar refractivity (Wildman–Crippen MR) is 184 cm³/mol. The average molecular weight is 691 g/mol. The number of allylic oxidation sites excluding steroid dienone is 4. The van der Waals surface area contributed by atoms with Crippen molar-refractivity contribution in [1.82, 2.24) is 19.9 Å². The van der Waals surface area contributed by atoms with Crippen LogP contribution in [-0.2, 0) is 26.7 Å². The Morgan fingerprint density at radius 1 is 0.667 bits per heavy atom. The van der Waals surface area contributed by atoms with Crippen LogP contribution in [0, 0.1) is 13.8 Å². The summed E-state index contributed by atoms with van der Waals surface area (Å²) < 4.78 is 0. The van der Waals surface area contributed by atoms with Crippen LogP contribution in [0.2, 0.25) is 0 Å². The molecule has 0 spiro atoms. The van der Waals surface area contributed by atoms with E-state index in [1.807, 2.05) is 58.0 Å². The van der Waals surface area contributed by atoms with E-state index in [0.717, 1.165) is 78.0 Å². The molecule has 3 aromatic rings. The first-order valence-corrected chi connectivity index (χ1v) is 13.9. The maximum Gasteiger partial charge on any atom is 0.303 e. The predicted octanol–water partition coefficient (Wildman–Crippen LogP) is 8.65. The summed E-state index contributed by atoms with van der Waals surface area (Å²) in [7, 11) is 0. The number of aromatic amines is 2. The van der Waals surface area contributed by atoms with Gasteiger partial charge in [0.05, 0.1) is 22.8 Å². The molecule has 45 heavy (non-hydrogen) atoms. The van der Waals surface area contributed by atoms with Gasteiger partial charge < -0.3 is 20.2 Å². The molecule has 0 amide bonds. The van der Waals surface area contributed by atoms with Crippen LogP contribution in [0.15, 0.2) is 37.4 Å². The fourth-order valence-electron chi connectivity index (χ4n) is 5.77. The zero-order chi connectivity index (χ0) is 30.3. The molecule has 11 heteroatoms. The van der Waals surface area contributed by atoms with Crippen molar-refractivity contribution in [3.63, 3.8) is 0 Å². The average Bonchev–Trinajstić information content (AvgIpc) is 3.59. The zero-order valence-electron chi connectivity index (χ0n) is 25.5. The van der Waals surface area contributed by atoms with Crippen molar-refractivity contribution in [3.8, 4) is 0 Å². The number of carboxylic acid groups (broad SMARTS) is 2. The van der Waals surface area contributed by atoms with Crippen LogP contribution < -0.4 is 0 Å². The van der Waals surface area contributed by atoms with Crippen LogP contribution in [-0.4, -0.2) is 42.1 Å². The third-order valence-electron chi connectivity index (χ3n) is 8.22. The number of carbonyl (C=O) groups is 2. The Labute approximate surface area is 284 Å². The number of nitrogens with one attached hydrogen (secondary N) is 2. The van der Waals surface area contributed by atoms with E-state index in [2.05, 4.69) is 29.2 Å². The largest absolute Gasteiger partial charge is 0.481 e. The van der Waals surface area contributed by atoms with Crippen molar-refractivity contribution in [2.24, 2.45) is 0 Å². The molecule has 0 aromatic carbocycles. The summed E-state index contributed by atoms with van der Waals surface area (Å²) >= 11 is 0. The van der Waals surface area contributed by atoms with E-state index >= 15 is 0 Å². The van der Waals surface area contributed by atoms with Crippen molar-refractivity contribution < 1.29 is 36.9 Å². The number of aromatic nitrogens is 4. The minimum Gasteiger partial charge on any atom is -0.481 e. The standard InChI is InChI=1S/C34H34N4O4.2ClH.Mn/c1-7-21-17(3)25-13-26-19(5)23(9-11-33(39)40)31(37-26)16-32-24(10-12-34(41)42)20(6)28(38-32)15-30-22(8-2)18(4)27(36-30)14-29(21)35-25;;;/h7-8,13-16,35-36H,1-2,9-12H2,3-6H3,(H,39,40)(H,41,42);2*1H;. The van der Waals surface area contributed by atoms with Crippen LogP contribution >= 0.6 is 24.8 Å². The Balaban J connectivity index is 0.00000235. The molecule has 0 unspecified atom stereocenters.